The molecule has 2 aromatic heterocycles. The van der Waals surface area contributed by atoms with Crippen molar-refractivity contribution >= 4 is 33.4 Å². The van der Waals surface area contributed by atoms with Gasteiger partial charge in [-0.25, -0.2) is 22.4 Å². The van der Waals surface area contributed by atoms with Gasteiger partial charge in [0.15, 0.2) is 0 Å². The molecule has 12 heteroatoms. The summed E-state index contributed by atoms with van der Waals surface area (Å²) in [7, 11) is -0.806. The van der Waals surface area contributed by atoms with Crippen LogP contribution in [0.1, 0.15) is 40.4 Å². The lowest BCUT2D eigenvalue weighted by atomic mass is 10.2. The van der Waals surface area contributed by atoms with Crippen LogP contribution in [0.2, 0.25) is 5.02 Å². The number of carbonyl (C=O) groups is 2. The Hall–Kier alpha value is -3.28. The number of pyridine rings is 1. The van der Waals surface area contributed by atoms with Crippen LogP contribution in [0, 0.1) is 0 Å². The SMILES string of the molecule is CC(C)NC(=O)c1cccc(C(=O)NCc2cnn(-c3ccc(S(=O)(=O)N(C)C)c(Cl)c3)c2)n1. The molecule has 0 spiro atoms. The molecule has 0 unspecified atom stereocenters. The maximum absolute atomic E-state index is 12.5. The van der Waals surface area contributed by atoms with Gasteiger partial charge in [-0.05, 0) is 44.2 Å². The minimum atomic E-state index is -3.67. The van der Waals surface area contributed by atoms with Gasteiger partial charge in [-0.2, -0.15) is 5.10 Å². The van der Waals surface area contributed by atoms with Crippen molar-refractivity contribution < 1.29 is 18.0 Å². The zero-order valence-electron chi connectivity index (χ0n) is 19.1. The summed E-state index contributed by atoms with van der Waals surface area (Å²) in [5.74, 6) is -0.790. The summed E-state index contributed by atoms with van der Waals surface area (Å²) < 4.78 is 27.3. The highest BCUT2D eigenvalue weighted by Gasteiger charge is 2.21. The Morgan fingerprint density at radius 3 is 2.41 bits per heavy atom. The first-order chi connectivity index (χ1) is 16.0. The smallest absolute Gasteiger partial charge is 0.270 e. The first-order valence-corrected chi connectivity index (χ1v) is 12.1. The van der Waals surface area contributed by atoms with Crippen LogP contribution in [-0.4, -0.2) is 59.4 Å². The minimum absolute atomic E-state index is 0.000587. The van der Waals surface area contributed by atoms with Crippen LogP contribution in [0.25, 0.3) is 5.69 Å². The second-order valence-electron chi connectivity index (χ2n) is 7.91. The quantitative estimate of drug-likeness (QED) is 0.484. The number of aromatic nitrogens is 3. The average Bonchev–Trinajstić information content (AvgIpc) is 3.26. The fraction of sp³-hybridized carbons (Fsp3) is 0.273. The third kappa shape index (κ3) is 5.79. The molecular weight excluding hydrogens is 480 g/mol. The molecule has 0 aliphatic rings. The molecule has 0 aliphatic carbocycles. The lowest BCUT2D eigenvalue weighted by molar-refractivity contribution is 0.0936. The summed E-state index contributed by atoms with van der Waals surface area (Å²) in [4.78, 5) is 28.8. The molecule has 1 aromatic carbocycles. The number of rotatable bonds is 8. The van der Waals surface area contributed by atoms with Crippen molar-refractivity contribution in [1.29, 1.82) is 0 Å². The van der Waals surface area contributed by atoms with Gasteiger partial charge in [0.05, 0.1) is 16.9 Å². The molecule has 0 aliphatic heterocycles. The highest BCUT2D eigenvalue weighted by Crippen LogP contribution is 2.26. The molecule has 3 aromatic rings. The fourth-order valence-corrected chi connectivity index (χ4v) is 4.33. The number of hydrogen-bond acceptors (Lipinski definition) is 6. The molecule has 0 fully saturated rings. The van der Waals surface area contributed by atoms with Crippen LogP contribution in [0.5, 0.6) is 0 Å². The molecule has 34 heavy (non-hydrogen) atoms. The third-order valence-corrected chi connectivity index (χ3v) is 6.96. The van der Waals surface area contributed by atoms with Gasteiger partial charge in [0, 0.05) is 38.4 Å². The van der Waals surface area contributed by atoms with Gasteiger partial charge in [0.2, 0.25) is 10.0 Å². The molecule has 3 rings (SSSR count). The van der Waals surface area contributed by atoms with E-state index in [4.69, 9.17) is 11.6 Å². The molecular formula is C22H25ClN6O4S. The van der Waals surface area contributed by atoms with Gasteiger partial charge in [-0.15, -0.1) is 0 Å². The van der Waals surface area contributed by atoms with E-state index in [0.717, 1.165) is 4.31 Å². The summed E-state index contributed by atoms with van der Waals surface area (Å²) in [6, 6.07) is 9.13. The van der Waals surface area contributed by atoms with Crippen LogP contribution in [0.15, 0.2) is 53.7 Å². The number of carbonyl (C=O) groups excluding carboxylic acids is 2. The monoisotopic (exact) mass is 504 g/mol. The minimum Gasteiger partial charge on any atom is -0.349 e. The second-order valence-corrected chi connectivity index (χ2v) is 10.4. The van der Waals surface area contributed by atoms with E-state index >= 15 is 0 Å². The van der Waals surface area contributed by atoms with E-state index in [0.29, 0.717) is 11.3 Å². The van der Waals surface area contributed by atoms with Crippen molar-refractivity contribution in [3.8, 4) is 5.69 Å². The van der Waals surface area contributed by atoms with E-state index < -0.39 is 15.9 Å². The highest BCUT2D eigenvalue weighted by atomic mass is 35.5. The van der Waals surface area contributed by atoms with Crippen molar-refractivity contribution in [1.82, 2.24) is 29.7 Å². The third-order valence-electron chi connectivity index (χ3n) is 4.66. The summed E-state index contributed by atoms with van der Waals surface area (Å²) in [6.07, 6.45) is 3.25. The van der Waals surface area contributed by atoms with Crippen LogP contribution in [0.3, 0.4) is 0 Å². The molecule has 0 radical (unpaired) electrons. The van der Waals surface area contributed by atoms with Crippen molar-refractivity contribution in [3.05, 3.63) is 70.8 Å². The largest absolute Gasteiger partial charge is 0.349 e. The molecule has 180 valence electrons. The molecule has 0 atom stereocenters. The Bertz CT molecular complexity index is 1320. The number of sulfonamides is 1. The summed E-state index contributed by atoms with van der Waals surface area (Å²) in [5.41, 5.74) is 1.54. The number of benzene rings is 1. The number of nitrogens with one attached hydrogen (secondary N) is 2. The van der Waals surface area contributed by atoms with E-state index in [2.05, 4.69) is 20.7 Å². The van der Waals surface area contributed by atoms with E-state index in [1.54, 1.807) is 30.6 Å². The summed E-state index contributed by atoms with van der Waals surface area (Å²) in [6.45, 7) is 3.84. The Morgan fingerprint density at radius 1 is 1.12 bits per heavy atom. The van der Waals surface area contributed by atoms with Gasteiger partial charge in [-0.1, -0.05) is 17.7 Å². The lowest BCUT2D eigenvalue weighted by Crippen LogP contribution is -2.31. The maximum atomic E-state index is 12.5. The predicted molar refractivity (Wildman–Crippen MR) is 127 cm³/mol. The number of halogens is 1. The number of amides is 2. The Kier molecular flexibility index (Phi) is 7.70. The van der Waals surface area contributed by atoms with Gasteiger partial charge < -0.3 is 10.6 Å². The van der Waals surface area contributed by atoms with Gasteiger partial charge in [0.25, 0.3) is 11.8 Å². The normalized spacial score (nSPS) is 11.6. The molecule has 2 N–H and O–H groups in total. The first-order valence-electron chi connectivity index (χ1n) is 10.3. The predicted octanol–water partition coefficient (Wildman–Crippen LogP) is 2.24. The number of nitrogens with zero attached hydrogens (tertiary/aromatic N) is 4. The zero-order chi connectivity index (χ0) is 25.0. The lowest BCUT2D eigenvalue weighted by Gasteiger charge is -2.13. The molecule has 2 heterocycles. The zero-order valence-corrected chi connectivity index (χ0v) is 20.7. The first kappa shape index (κ1) is 25.3. The van der Waals surface area contributed by atoms with Crippen molar-refractivity contribution in [2.45, 2.75) is 31.3 Å². The van der Waals surface area contributed by atoms with Crippen LogP contribution in [-0.2, 0) is 16.6 Å². The maximum Gasteiger partial charge on any atom is 0.270 e. The Morgan fingerprint density at radius 2 is 1.79 bits per heavy atom. The fourth-order valence-electron chi connectivity index (χ4n) is 2.93. The highest BCUT2D eigenvalue weighted by molar-refractivity contribution is 7.89. The van der Waals surface area contributed by atoms with Crippen molar-refractivity contribution in [2.75, 3.05) is 14.1 Å². The van der Waals surface area contributed by atoms with E-state index in [-0.39, 0.29) is 39.8 Å². The summed E-state index contributed by atoms with van der Waals surface area (Å²) >= 11 is 6.21. The van der Waals surface area contributed by atoms with E-state index in [1.165, 1.54) is 37.0 Å². The van der Waals surface area contributed by atoms with E-state index in [1.807, 2.05) is 13.8 Å². The molecule has 0 saturated carbocycles. The van der Waals surface area contributed by atoms with Crippen molar-refractivity contribution in [3.63, 3.8) is 0 Å². The van der Waals surface area contributed by atoms with Gasteiger partial charge in [0.1, 0.15) is 16.3 Å². The second kappa shape index (κ2) is 10.3. The van der Waals surface area contributed by atoms with E-state index in [9.17, 15) is 18.0 Å². The van der Waals surface area contributed by atoms with Crippen molar-refractivity contribution in [2.24, 2.45) is 0 Å². The van der Waals surface area contributed by atoms with Gasteiger partial charge >= 0.3 is 0 Å². The molecule has 10 nitrogen and oxygen atoms in total. The number of hydrogen-bond donors (Lipinski definition) is 2. The molecule has 0 saturated heterocycles. The Labute approximate surface area is 203 Å². The topological polar surface area (TPSA) is 126 Å². The van der Waals surface area contributed by atoms with Gasteiger partial charge in [-0.3, -0.25) is 9.59 Å². The Balaban J connectivity index is 1.69. The summed E-state index contributed by atoms with van der Waals surface area (Å²) in [5, 5.41) is 9.80. The van der Waals surface area contributed by atoms with Crippen LogP contribution in [0.4, 0.5) is 0 Å². The molecule has 2 amide bonds. The standard InChI is InChI=1S/C22H25ClN6O4S/c1-14(2)26-22(31)19-7-5-6-18(27-19)21(30)24-11-15-12-25-29(13-15)16-8-9-20(17(23)10-16)34(32,33)28(3)4/h5-10,12-14H,11H2,1-4H3,(H,24,30)(H,26,31). The molecule has 0 bridgehead atoms. The van der Waals surface area contributed by atoms with Crippen LogP contribution < -0.4 is 10.6 Å². The van der Waals surface area contributed by atoms with Crippen LogP contribution >= 0.6 is 11.6 Å². The average molecular weight is 505 g/mol.